The van der Waals surface area contributed by atoms with Crippen LogP contribution in [0.25, 0.3) is 11.1 Å². The summed E-state index contributed by atoms with van der Waals surface area (Å²) in [4.78, 5) is 25.3. The monoisotopic (exact) mass is 560 g/mol. The molecule has 4 rings (SSSR count). The minimum absolute atomic E-state index is 0.0298. The summed E-state index contributed by atoms with van der Waals surface area (Å²) in [6, 6.07) is 9.35. The van der Waals surface area contributed by atoms with Crippen LogP contribution in [0.2, 0.25) is 0 Å². The molecular formula is C29H31F3N2O4S. The molecule has 3 aromatic rings. The minimum Gasteiger partial charge on any atom is -0.390 e. The molecule has 2 amide bonds. The highest BCUT2D eigenvalue weighted by atomic mass is 32.1. The van der Waals surface area contributed by atoms with Gasteiger partial charge in [0.1, 0.15) is 23.0 Å². The number of benzene rings is 2. The lowest BCUT2D eigenvalue weighted by atomic mass is 9.95. The molecule has 0 unspecified atom stereocenters. The Labute approximate surface area is 229 Å². The van der Waals surface area contributed by atoms with Crippen molar-refractivity contribution in [2.45, 2.75) is 63.3 Å². The number of thiophene rings is 1. The van der Waals surface area contributed by atoms with Gasteiger partial charge in [0.25, 0.3) is 5.91 Å². The molecule has 1 saturated carbocycles. The summed E-state index contributed by atoms with van der Waals surface area (Å²) in [5.41, 5.74) is 2.00. The lowest BCUT2D eigenvalue weighted by Crippen LogP contribution is -2.49. The van der Waals surface area contributed by atoms with Crippen LogP contribution in [0.3, 0.4) is 0 Å². The summed E-state index contributed by atoms with van der Waals surface area (Å²) in [6.07, 6.45) is 3.14. The first-order valence-electron chi connectivity index (χ1n) is 12.9. The van der Waals surface area contributed by atoms with Crippen molar-refractivity contribution >= 4 is 23.2 Å². The first kappa shape index (κ1) is 28.8. The molecule has 0 bridgehead atoms. The van der Waals surface area contributed by atoms with Gasteiger partial charge in [-0.2, -0.15) is 11.3 Å². The molecule has 208 valence electrons. The molecule has 1 aromatic heterocycles. The standard InChI is InChI=1S/C29H31F3N2O4S/c30-21-12-23(31)28(24(32)13-21)29(37)34-25(26(35)14-27(36)33-22-4-2-1-3-5-22)16-38-15-18-6-8-19(9-7-18)20-10-11-39-17-20/h6-13,17,22,25-26,35H,1-5,14-16H2,(H,33,36)(H,34,37)/t25-,26-/m0/s1. The fraction of sp³-hybridized carbons (Fsp3) is 0.379. The van der Waals surface area contributed by atoms with Crippen LogP contribution in [0, 0.1) is 17.5 Å². The third-order valence-electron chi connectivity index (χ3n) is 6.75. The van der Waals surface area contributed by atoms with E-state index in [1.165, 1.54) is 0 Å². The van der Waals surface area contributed by atoms with Gasteiger partial charge < -0.3 is 20.5 Å². The average molecular weight is 561 g/mol. The number of carbonyl (C=O) groups is 2. The summed E-state index contributed by atoms with van der Waals surface area (Å²) in [5.74, 6) is -5.49. The van der Waals surface area contributed by atoms with Gasteiger partial charge in [0.15, 0.2) is 0 Å². The van der Waals surface area contributed by atoms with Gasteiger partial charge in [-0.1, -0.05) is 43.5 Å². The number of halogens is 3. The Morgan fingerprint density at radius 2 is 1.69 bits per heavy atom. The molecule has 10 heteroatoms. The Morgan fingerprint density at radius 3 is 2.33 bits per heavy atom. The summed E-state index contributed by atoms with van der Waals surface area (Å²) in [6.45, 7) is -0.100. The predicted molar refractivity (Wildman–Crippen MR) is 143 cm³/mol. The third kappa shape index (κ3) is 8.14. The number of aliphatic hydroxyl groups excluding tert-OH is 1. The molecule has 2 aromatic carbocycles. The Kier molecular flexibility index (Phi) is 10.1. The van der Waals surface area contributed by atoms with E-state index in [2.05, 4.69) is 10.6 Å². The SMILES string of the molecule is O=C(C[C@H](O)[C@H](COCc1ccc(-c2ccsc2)cc1)NC(=O)c1c(F)cc(F)cc1F)NC1CCCCC1. The van der Waals surface area contributed by atoms with Crippen LogP contribution in [-0.4, -0.2) is 41.7 Å². The van der Waals surface area contributed by atoms with E-state index >= 15 is 0 Å². The van der Waals surface area contributed by atoms with Gasteiger partial charge in [0.2, 0.25) is 5.91 Å². The fourth-order valence-electron chi connectivity index (χ4n) is 4.64. The number of rotatable bonds is 11. The number of nitrogens with one attached hydrogen (secondary N) is 2. The van der Waals surface area contributed by atoms with Crippen molar-refractivity contribution in [3.8, 4) is 11.1 Å². The highest BCUT2D eigenvalue weighted by molar-refractivity contribution is 7.08. The molecule has 3 N–H and O–H groups in total. The van der Waals surface area contributed by atoms with Gasteiger partial charge >= 0.3 is 0 Å². The summed E-state index contributed by atoms with van der Waals surface area (Å²) < 4.78 is 47.4. The van der Waals surface area contributed by atoms with Crippen LogP contribution in [0.5, 0.6) is 0 Å². The highest BCUT2D eigenvalue weighted by Crippen LogP contribution is 2.23. The summed E-state index contributed by atoms with van der Waals surface area (Å²) in [7, 11) is 0. The summed E-state index contributed by atoms with van der Waals surface area (Å²) >= 11 is 1.60. The van der Waals surface area contributed by atoms with E-state index in [1.54, 1.807) is 11.3 Å². The van der Waals surface area contributed by atoms with Crippen molar-refractivity contribution < 1.29 is 32.6 Å². The molecule has 6 nitrogen and oxygen atoms in total. The predicted octanol–water partition coefficient (Wildman–Crippen LogP) is 5.35. The Balaban J connectivity index is 1.40. The van der Waals surface area contributed by atoms with Crippen molar-refractivity contribution in [1.29, 1.82) is 0 Å². The van der Waals surface area contributed by atoms with Crippen molar-refractivity contribution in [2.75, 3.05) is 6.61 Å². The number of ether oxygens (including phenoxy) is 1. The van der Waals surface area contributed by atoms with Gasteiger partial charge in [-0.15, -0.1) is 0 Å². The quantitative estimate of drug-likeness (QED) is 0.295. The third-order valence-corrected chi connectivity index (χ3v) is 7.44. The maximum absolute atomic E-state index is 14.2. The maximum atomic E-state index is 14.2. The molecule has 1 fully saturated rings. The molecule has 2 atom stereocenters. The van der Waals surface area contributed by atoms with Crippen LogP contribution in [0.4, 0.5) is 13.2 Å². The lowest BCUT2D eigenvalue weighted by Gasteiger charge is -2.26. The van der Waals surface area contributed by atoms with Crippen LogP contribution in [0.1, 0.15) is 54.4 Å². The molecule has 1 aliphatic rings. The first-order valence-corrected chi connectivity index (χ1v) is 13.9. The molecule has 39 heavy (non-hydrogen) atoms. The second kappa shape index (κ2) is 13.7. The second-order valence-electron chi connectivity index (χ2n) is 9.72. The van der Waals surface area contributed by atoms with E-state index in [9.17, 15) is 27.9 Å². The van der Waals surface area contributed by atoms with Crippen LogP contribution in [-0.2, 0) is 16.1 Å². The van der Waals surface area contributed by atoms with Crippen molar-refractivity contribution in [2.24, 2.45) is 0 Å². The minimum atomic E-state index is -1.40. The van der Waals surface area contributed by atoms with Gasteiger partial charge in [-0.25, -0.2) is 13.2 Å². The van der Waals surface area contributed by atoms with E-state index in [4.69, 9.17) is 4.74 Å². The van der Waals surface area contributed by atoms with Crippen LogP contribution >= 0.6 is 11.3 Å². The Morgan fingerprint density at radius 1 is 1.00 bits per heavy atom. The zero-order valence-electron chi connectivity index (χ0n) is 21.3. The molecule has 0 spiro atoms. The largest absolute Gasteiger partial charge is 0.390 e. The van der Waals surface area contributed by atoms with Gasteiger partial charge in [-0.05, 0) is 46.4 Å². The second-order valence-corrected chi connectivity index (χ2v) is 10.5. The first-order chi connectivity index (χ1) is 18.8. The fourth-order valence-corrected chi connectivity index (χ4v) is 5.31. The van der Waals surface area contributed by atoms with E-state index in [0.717, 1.165) is 48.8 Å². The van der Waals surface area contributed by atoms with E-state index in [0.29, 0.717) is 12.1 Å². The normalized spacial score (nSPS) is 15.5. The van der Waals surface area contributed by atoms with Gasteiger partial charge in [0, 0.05) is 18.2 Å². The molecular weight excluding hydrogens is 529 g/mol. The molecule has 1 heterocycles. The zero-order chi connectivity index (χ0) is 27.8. The lowest BCUT2D eigenvalue weighted by molar-refractivity contribution is -0.124. The topological polar surface area (TPSA) is 87.7 Å². The maximum Gasteiger partial charge on any atom is 0.257 e. The van der Waals surface area contributed by atoms with E-state index in [-0.39, 0.29) is 25.7 Å². The van der Waals surface area contributed by atoms with Crippen LogP contribution < -0.4 is 10.6 Å². The number of hydrogen-bond donors (Lipinski definition) is 3. The highest BCUT2D eigenvalue weighted by Gasteiger charge is 2.28. The van der Waals surface area contributed by atoms with Crippen molar-refractivity contribution in [3.05, 3.63) is 81.8 Å². The molecule has 1 aliphatic carbocycles. The van der Waals surface area contributed by atoms with Crippen LogP contribution in [0.15, 0.2) is 53.2 Å². The van der Waals surface area contributed by atoms with Gasteiger partial charge in [-0.3, -0.25) is 9.59 Å². The molecule has 0 radical (unpaired) electrons. The van der Waals surface area contributed by atoms with Gasteiger partial charge in [0.05, 0.1) is 31.8 Å². The summed E-state index contributed by atoms with van der Waals surface area (Å²) in [5, 5.41) is 20.1. The van der Waals surface area contributed by atoms with E-state index in [1.807, 2.05) is 41.1 Å². The molecule has 0 saturated heterocycles. The van der Waals surface area contributed by atoms with E-state index < -0.39 is 47.0 Å². The number of amides is 2. The number of carbonyl (C=O) groups excluding carboxylic acids is 2. The van der Waals surface area contributed by atoms with Crippen molar-refractivity contribution in [1.82, 2.24) is 10.6 Å². The number of aliphatic hydroxyl groups is 1. The smallest absolute Gasteiger partial charge is 0.257 e. The molecule has 0 aliphatic heterocycles. The van der Waals surface area contributed by atoms with Crippen molar-refractivity contribution in [3.63, 3.8) is 0 Å². The Hall–Kier alpha value is -3.21. The zero-order valence-corrected chi connectivity index (χ0v) is 22.1. The number of hydrogen-bond acceptors (Lipinski definition) is 5. The Bertz CT molecular complexity index is 1220. The average Bonchev–Trinajstić information content (AvgIpc) is 3.43.